The van der Waals surface area contributed by atoms with Crippen molar-refractivity contribution < 1.29 is 14.3 Å². The van der Waals surface area contributed by atoms with Gasteiger partial charge in [-0.15, -0.1) is 0 Å². The molecule has 0 unspecified atom stereocenters. The van der Waals surface area contributed by atoms with Gasteiger partial charge < -0.3 is 14.1 Å². The van der Waals surface area contributed by atoms with Gasteiger partial charge in [-0.05, 0) is 18.6 Å². The van der Waals surface area contributed by atoms with Crippen molar-refractivity contribution in [3.63, 3.8) is 0 Å². The van der Waals surface area contributed by atoms with E-state index < -0.39 is 17.2 Å². The molecule has 106 valence electrons. The van der Waals surface area contributed by atoms with Crippen molar-refractivity contribution in [2.24, 2.45) is 0 Å². The number of rotatable bonds is 5. The van der Waals surface area contributed by atoms with Gasteiger partial charge in [-0.25, -0.2) is 9.59 Å². The van der Waals surface area contributed by atoms with Crippen LogP contribution < -0.4 is 11.2 Å². The predicted octanol–water partition coefficient (Wildman–Crippen LogP) is 0.760. The Morgan fingerprint density at radius 3 is 2.65 bits per heavy atom. The molecule has 2 aromatic heterocycles. The van der Waals surface area contributed by atoms with Gasteiger partial charge in [-0.3, -0.25) is 9.36 Å². The lowest BCUT2D eigenvalue weighted by molar-refractivity contribution is 0.0660. The van der Waals surface area contributed by atoms with Crippen molar-refractivity contribution in [3.8, 4) is 0 Å². The quantitative estimate of drug-likeness (QED) is 0.871. The SMILES string of the molecule is CCCn1ccc(=O)n(Cc2ccc(C(=O)O)o2)c1=O. The van der Waals surface area contributed by atoms with Crippen LogP contribution in [-0.2, 0) is 13.1 Å². The number of furan rings is 1. The molecular weight excluding hydrogens is 264 g/mol. The van der Waals surface area contributed by atoms with Crippen molar-refractivity contribution in [3.05, 3.63) is 56.8 Å². The molecule has 0 aliphatic carbocycles. The highest BCUT2D eigenvalue weighted by Gasteiger charge is 2.11. The van der Waals surface area contributed by atoms with E-state index in [1.165, 1.54) is 29.0 Å². The van der Waals surface area contributed by atoms with Gasteiger partial charge in [0.25, 0.3) is 5.56 Å². The predicted molar refractivity (Wildman–Crippen MR) is 70.0 cm³/mol. The smallest absolute Gasteiger partial charge is 0.371 e. The average molecular weight is 278 g/mol. The molecule has 0 fully saturated rings. The third kappa shape index (κ3) is 2.71. The number of hydrogen-bond acceptors (Lipinski definition) is 4. The summed E-state index contributed by atoms with van der Waals surface area (Å²) in [5.41, 5.74) is -0.886. The number of carbonyl (C=O) groups is 1. The first kappa shape index (κ1) is 13.9. The summed E-state index contributed by atoms with van der Waals surface area (Å²) in [7, 11) is 0. The third-order valence-corrected chi connectivity index (χ3v) is 2.79. The van der Waals surface area contributed by atoms with E-state index in [9.17, 15) is 14.4 Å². The van der Waals surface area contributed by atoms with E-state index in [0.29, 0.717) is 6.54 Å². The molecule has 0 aromatic carbocycles. The van der Waals surface area contributed by atoms with Crippen LogP contribution in [0.3, 0.4) is 0 Å². The van der Waals surface area contributed by atoms with Gasteiger partial charge in [0.1, 0.15) is 5.76 Å². The maximum absolute atomic E-state index is 12.1. The van der Waals surface area contributed by atoms with Crippen LogP contribution in [-0.4, -0.2) is 20.2 Å². The Bertz CT molecular complexity index is 738. The summed E-state index contributed by atoms with van der Waals surface area (Å²) in [6, 6.07) is 4.03. The second-order valence-electron chi connectivity index (χ2n) is 4.29. The highest BCUT2D eigenvalue weighted by Crippen LogP contribution is 2.08. The van der Waals surface area contributed by atoms with Crippen molar-refractivity contribution in [1.29, 1.82) is 0 Å². The van der Waals surface area contributed by atoms with E-state index in [-0.39, 0.29) is 18.1 Å². The highest BCUT2D eigenvalue weighted by atomic mass is 16.4. The number of aromatic carboxylic acids is 1. The van der Waals surface area contributed by atoms with Crippen LogP contribution in [0, 0.1) is 0 Å². The Balaban J connectivity index is 2.37. The standard InChI is InChI=1S/C13H14N2O5/c1-2-6-14-7-5-11(16)15(13(14)19)8-9-3-4-10(20-9)12(17)18/h3-5,7H,2,6,8H2,1H3,(H,17,18). The number of aryl methyl sites for hydroxylation is 1. The highest BCUT2D eigenvalue weighted by molar-refractivity contribution is 5.84. The largest absolute Gasteiger partial charge is 0.475 e. The van der Waals surface area contributed by atoms with Crippen molar-refractivity contribution in [2.45, 2.75) is 26.4 Å². The number of nitrogens with zero attached hydrogens (tertiary/aromatic N) is 2. The number of carboxylic acids is 1. The average Bonchev–Trinajstić information content (AvgIpc) is 2.87. The molecular formula is C13H14N2O5. The molecule has 0 aliphatic rings. The number of hydrogen-bond donors (Lipinski definition) is 1. The lowest BCUT2D eigenvalue weighted by atomic mass is 10.4. The summed E-state index contributed by atoms with van der Waals surface area (Å²) < 4.78 is 7.50. The van der Waals surface area contributed by atoms with Crippen molar-refractivity contribution in [1.82, 2.24) is 9.13 Å². The molecule has 0 spiro atoms. The van der Waals surface area contributed by atoms with E-state index in [2.05, 4.69) is 0 Å². The molecule has 0 radical (unpaired) electrons. The zero-order valence-electron chi connectivity index (χ0n) is 10.9. The van der Waals surface area contributed by atoms with Crippen molar-refractivity contribution >= 4 is 5.97 Å². The van der Waals surface area contributed by atoms with Gasteiger partial charge in [0.15, 0.2) is 0 Å². The van der Waals surface area contributed by atoms with E-state index in [1.54, 1.807) is 0 Å². The van der Waals surface area contributed by atoms with Crippen LogP contribution in [0.15, 0.2) is 38.4 Å². The minimum Gasteiger partial charge on any atom is -0.475 e. The number of aromatic nitrogens is 2. The molecule has 2 aromatic rings. The zero-order valence-corrected chi connectivity index (χ0v) is 10.9. The summed E-state index contributed by atoms with van der Waals surface area (Å²) in [4.78, 5) is 34.5. The van der Waals surface area contributed by atoms with Crippen LogP contribution in [0.4, 0.5) is 0 Å². The fourth-order valence-corrected chi connectivity index (χ4v) is 1.85. The molecule has 0 amide bonds. The lowest BCUT2D eigenvalue weighted by Gasteiger charge is -2.07. The molecule has 0 aliphatic heterocycles. The Hall–Kier alpha value is -2.57. The minimum atomic E-state index is -1.19. The second kappa shape index (κ2) is 5.60. The van der Waals surface area contributed by atoms with Gasteiger partial charge in [0.2, 0.25) is 5.76 Å². The number of carboxylic acid groups (broad SMARTS) is 1. The molecule has 0 saturated heterocycles. The fourth-order valence-electron chi connectivity index (χ4n) is 1.85. The monoisotopic (exact) mass is 278 g/mol. The first-order chi connectivity index (χ1) is 9.52. The van der Waals surface area contributed by atoms with Crippen LogP contribution >= 0.6 is 0 Å². The molecule has 0 saturated carbocycles. The van der Waals surface area contributed by atoms with Gasteiger partial charge in [-0.2, -0.15) is 0 Å². The summed E-state index contributed by atoms with van der Waals surface area (Å²) in [5.74, 6) is -1.17. The molecule has 7 nitrogen and oxygen atoms in total. The summed E-state index contributed by atoms with van der Waals surface area (Å²) in [6.45, 7) is 2.35. The van der Waals surface area contributed by atoms with Crippen LogP contribution in [0.2, 0.25) is 0 Å². The Labute approximate surface area is 113 Å². The molecule has 0 atom stereocenters. The maximum atomic E-state index is 12.1. The van der Waals surface area contributed by atoms with E-state index >= 15 is 0 Å². The molecule has 20 heavy (non-hydrogen) atoms. The minimum absolute atomic E-state index is 0.0878. The summed E-state index contributed by atoms with van der Waals surface area (Å²) >= 11 is 0. The Morgan fingerprint density at radius 1 is 1.30 bits per heavy atom. The van der Waals surface area contributed by atoms with Gasteiger partial charge in [0.05, 0.1) is 6.54 Å². The van der Waals surface area contributed by atoms with E-state index in [1.807, 2.05) is 6.92 Å². The van der Waals surface area contributed by atoms with Gasteiger partial charge in [0, 0.05) is 18.8 Å². The maximum Gasteiger partial charge on any atom is 0.371 e. The van der Waals surface area contributed by atoms with E-state index in [0.717, 1.165) is 11.0 Å². The Morgan fingerprint density at radius 2 is 2.05 bits per heavy atom. The first-order valence-electron chi connectivity index (χ1n) is 6.15. The summed E-state index contributed by atoms with van der Waals surface area (Å²) in [6.07, 6.45) is 2.22. The van der Waals surface area contributed by atoms with Crippen LogP contribution in [0.25, 0.3) is 0 Å². The topological polar surface area (TPSA) is 94.4 Å². The Kier molecular flexibility index (Phi) is 3.88. The fraction of sp³-hybridized carbons (Fsp3) is 0.308. The molecule has 2 rings (SSSR count). The van der Waals surface area contributed by atoms with Gasteiger partial charge in [-0.1, -0.05) is 6.92 Å². The van der Waals surface area contributed by atoms with Crippen LogP contribution in [0.1, 0.15) is 29.7 Å². The van der Waals surface area contributed by atoms with Gasteiger partial charge >= 0.3 is 11.7 Å². The molecule has 0 bridgehead atoms. The second-order valence-corrected chi connectivity index (χ2v) is 4.29. The zero-order chi connectivity index (χ0) is 14.7. The third-order valence-electron chi connectivity index (χ3n) is 2.79. The molecule has 1 N–H and O–H groups in total. The lowest BCUT2D eigenvalue weighted by Crippen LogP contribution is -2.39. The molecule has 7 heteroatoms. The van der Waals surface area contributed by atoms with Crippen LogP contribution in [0.5, 0.6) is 0 Å². The first-order valence-corrected chi connectivity index (χ1v) is 6.15. The normalized spacial score (nSPS) is 10.7. The van der Waals surface area contributed by atoms with Crippen molar-refractivity contribution in [2.75, 3.05) is 0 Å². The van der Waals surface area contributed by atoms with E-state index in [4.69, 9.17) is 9.52 Å². The molecule has 2 heterocycles. The summed E-state index contributed by atoms with van der Waals surface area (Å²) in [5, 5.41) is 8.76.